The van der Waals surface area contributed by atoms with Gasteiger partial charge in [0.15, 0.2) is 0 Å². The van der Waals surface area contributed by atoms with Gasteiger partial charge in [0.1, 0.15) is 0 Å². The quantitative estimate of drug-likeness (QED) is 0.618. The van der Waals surface area contributed by atoms with Crippen molar-refractivity contribution < 1.29 is 9.59 Å². The number of imide groups is 1. The van der Waals surface area contributed by atoms with Crippen molar-refractivity contribution in [2.24, 2.45) is 5.73 Å². The molecule has 0 bridgehead atoms. The highest BCUT2D eigenvalue weighted by Crippen LogP contribution is 2.10. The number of benzene rings is 1. The van der Waals surface area contributed by atoms with Crippen LogP contribution in [0, 0.1) is 0 Å². The maximum Gasteiger partial charge on any atom is 0.318 e. The number of para-hydroxylation sites is 1. The Kier molecular flexibility index (Phi) is 6.38. The van der Waals surface area contributed by atoms with E-state index in [0.29, 0.717) is 6.54 Å². The second-order valence-corrected chi connectivity index (χ2v) is 4.20. The molecule has 104 valence electrons. The average Bonchev–Trinajstić information content (AvgIpc) is 2.38. The summed E-state index contributed by atoms with van der Waals surface area (Å²) >= 11 is 0. The van der Waals surface area contributed by atoms with Crippen molar-refractivity contribution in [3.63, 3.8) is 0 Å². The van der Waals surface area contributed by atoms with Gasteiger partial charge in [-0.15, -0.1) is 0 Å². The molecule has 0 fully saturated rings. The SMILES string of the molecule is CN(CCCNCC(=O)NC(N)=O)c1ccccc1. The first-order valence-electron chi connectivity index (χ1n) is 6.16. The maximum atomic E-state index is 11.1. The van der Waals surface area contributed by atoms with E-state index < -0.39 is 11.9 Å². The number of anilines is 1. The molecule has 1 aromatic carbocycles. The number of carbonyl (C=O) groups excluding carboxylic acids is 2. The van der Waals surface area contributed by atoms with Crippen LogP contribution >= 0.6 is 0 Å². The minimum Gasteiger partial charge on any atom is -0.375 e. The number of nitrogens with two attached hydrogens (primary N) is 1. The van der Waals surface area contributed by atoms with Crippen LogP contribution in [0.4, 0.5) is 10.5 Å². The Bertz CT molecular complexity index is 408. The van der Waals surface area contributed by atoms with Crippen LogP contribution in [0.2, 0.25) is 0 Å². The van der Waals surface area contributed by atoms with Crippen molar-refractivity contribution in [1.82, 2.24) is 10.6 Å². The largest absolute Gasteiger partial charge is 0.375 e. The number of nitrogens with one attached hydrogen (secondary N) is 2. The van der Waals surface area contributed by atoms with Gasteiger partial charge in [-0.2, -0.15) is 0 Å². The summed E-state index contributed by atoms with van der Waals surface area (Å²) in [6.45, 7) is 1.68. The van der Waals surface area contributed by atoms with Gasteiger partial charge in [-0.25, -0.2) is 4.79 Å². The van der Waals surface area contributed by atoms with Crippen LogP contribution in [0.1, 0.15) is 6.42 Å². The van der Waals surface area contributed by atoms with Gasteiger partial charge in [0.25, 0.3) is 0 Å². The number of hydrogen-bond donors (Lipinski definition) is 3. The van der Waals surface area contributed by atoms with Crippen LogP contribution in [-0.2, 0) is 4.79 Å². The van der Waals surface area contributed by atoms with Crippen molar-refractivity contribution in [3.05, 3.63) is 30.3 Å². The fourth-order valence-corrected chi connectivity index (χ4v) is 1.64. The monoisotopic (exact) mass is 264 g/mol. The normalized spacial score (nSPS) is 9.95. The molecule has 0 spiro atoms. The Morgan fingerprint density at radius 3 is 2.58 bits per heavy atom. The molecular formula is C13H20N4O2. The van der Waals surface area contributed by atoms with Crippen LogP contribution in [-0.4, -0.2) is 38.6 Å². The summed E-state index contributed by atoms with van der Waals surface area (Å²) in [7, 11) is 2.02. The molecule has 0 radical (unpaired) electrons. The number of urea groups is 1. The molecular weight excluding hydrogens is 244 g/mol. The first-order valence-corrected chi connectivity index (χ1v) is 6.16. The van der Waals surface area contributed by atoms with E-state index in [4.69, 9.17) is 5.73 Å². The lowest BCUT2D eigenvalue weighted by molar-refractivity contribution is -0.119. The Morgan fingerprint density at radius 1 is 1.26 bits per heavy atom. The second kappa shape index (κ2) is 8.10. The van der Waals surface area contributed by atoms with Crippen molar-refractivity contribution in [1.29, 1.82) is 0 Å². The van der Waals surface area contributed by atoms with Gasteiger partial charge in [-0.1, -0.05) is 18.2 Å². The average molecular weight is 264 g/mol. The minimum atomic E-state index is -0.824. The first kappa shape index (κ1) is 15.0. The summed E-state index contributed by atoms with van der Waals surface area (Å²) in [5, 5.41) is 4.95. The van der Waals surface area contributed by atoms with Crippen LogP contribution in [0.5, 0.6) is 0 Å². The molecule has 1 aromatic rings. The minimum absolute atomic E-state index is 0.0952. The van der Waals surface area contributed by atoms with E-state index in [9.17, 15) is 9.59 Å². The number of carbonyl (C=O) groups is 2. The molecule has 0 saturated heterocycles. The topological polar surface area (TPSA) is 87.5 Å². The number of nitrogens with zero attached hydrogens (tertiary/aromatic N) is 1. The molecule has 0 saturated carbocycles. The second-order valence-electron chi connectivity index (χ2n) is 4.20. The zero-order valence-corrected chi connectivity index (χ0v) is 11.1. The van der Waals surface area contributed by atoms with Crippen molar-refractivity contribution in [2.75, 3.05) is 31.6 Å². The number of rotatable bonds is 7. The predicted molar refractivity (Wildman–Crippen MR) is 74.9 cm³/mol. The van der Waals surface area contributed by atoms with Crippen molar-refractivity contribution in [3.8, 4) is 0 Å². The van der Waals surface area contributed by atoms with Crippen LogP contribution in [0.3, 0.4) is 0 Å². The van der Waals surface area contributed by atoms with Gasteiger partial charge >= 0.3 is 6.03 Å². The van der Waals surface area contributed by atoms with E-state index >= 15 is 0 Å². The number of amides is 3. The molecule has 0 heterocycles. The molecule has 6 nitrogen and oxygen atoms in total. The fourth-order valence-electron chi connectivity index (χ4n) is 1.64. The summed E-state index contributed by atoms with van der Waals surface area (Å²) < 4.78 is 0. The van der Waals surface area contributed by atoms with Gasteiger partial charge in [-0.3, -0.25) is 10.1 Å². The molecule has 0 unspecified atom stereocenters. The van der Waals surface area contributed by atoms with Gasteiger partial charge in [0.05, 0.1) is 6.54 Å². The maximum absolute atomic E-state index is 11.1. The van der Waals surface area contributed by atoms with Crippen LogP contribution < -0.4 is 21.3 Å². The van der Waals surface area contributed by atoms with Gasteiger partial charge in [0, 0.05) is 19.3 Å². The highest BCUT2D eigenvalue weighted by molar-refractivity contribution is 5.94. The third kappa shape index (κ3) is 6.42. The third-order valence-electron chi connectivity index (χ3n) is 2.59. The standard InChI is InChI=1S/C13H20N4O2/c1-17(11-6-3-2-4-7-11)9-5-8-15-10-12(18)16-13(14)19/h2-4,6-7,15H,5,8-10H2,1H3,(H3,14,16,18,19). The van der Waals surface area contributed by atoms with E-state index in [2.05, 4.69) is 10.2 Å². The summed E-state index contributed by atoms with van der Waals surface area (Å²) in [5.74, 6) is -0.413. The molecule has 0 aliphatic carbocycles. The van der Waals surface area contributed by atoms with Crippen LogP contribution in [0.15, 0.2) is 30.3 Å². The first-order chi connectivity index (χ1) is 9.09. The molecule has 19 heavy (non-hydrogen) atoms. The fraction of sp³-hybridized carbons (Fsp3) is 0.385. The molecule has 0 atom stereocenters. The number of primary amides is 1. The van der Waals surface area contributed by atoms with Crippen LogP contribution in [0.25, 0.3) is 0 Å². The molecule has 4 N–H and O–H groups in total. The molecule has 0 aromatic heterocycles. The Labute approximate surface area is 113 Å². The summed E-state index contributed by atoms with van der Waals surface area (Å²) in [6, 6.07) is 9.25. The third-order valence-corrected chi connectivity index (χ3v) is 2.59. The van der Waals surface area contributed by atoms with E-state index in [-0.39, 0.29) is 6.54 Å². The molecule has 0 aliphatic heterocycles. The summed E-state index contributed by atoms with van der Waals surface area (Å²) in [6.07, 6.45) is 0.898. The Hall–Kier alpha value is -2.08. The molecule has 1 rings (SSSR count). The zero-order valence-electron chi connectivity index (χ0n) is 11.1. The summed E-state index contributed by atoms with van der Waals surface area (Å²) in [5.41, 5.74) is 5.98. The highest BCUT2D eigenvalue weighted by Gasteiger charge is 2.03. The lowest BCUT2D eigenvalue weighted by Crippen LogP contribution is -2.41. The Balaban J connectivity index is 2.11. The summed E-state index contributed by atoms with van der Waals surface area (Å²) in [4.78, 5) is 23.6. The molecule has 0 aliphatic rings. The molecule has 3 amide bonds. The van der Waals surface area contributed by atoms with Crippen molar-refractivity contribution in [2.45, 2.75) is 6.42 Å². The molecule has 6 heteroatoms. The zero-order chi connectivity index (χ0) is 14.1. The van der Waals surface area contributed by atoms with Gasteiger partial charge in [-0.05, 0) is 25.1 Å². The smallest absolute Gasteiger partial charge is 0.318 e. The van der Waals surface area contributed by atoms with E-state index in [0.717, 1.165) is 18.7 Å². The van der Waals surface area contributed by atoms with E-state index in [1.807, 2.05) is 42.7 Å². The lowest BCUT2D eigenvalue weighted by Gasteiger charge is -2.19. The van der Waals surface area contributed by atoms with Crippen molar-refractivity contribution >= 4 is 17.6 Å². The van der Waals surface area contributed by atoms with E-state index in [1.165, 1.54) is 0 Å². The Morgan fingerprint density at radius 2 is 1.95 bits per heavy atom. The number of hydrogen-bond acceptors (Lipinski definition) is 4. The van der Waals surface area contributed by atoms with E-state index in [1.54, 1.807) is 0 Å². The highest BCUT2D eigenvalue weighted by atomic mass is 16.2. The van der Waals surface area contributed by atoms with Gasteiger partial charge in [0.2, 0.25) is 5.91 Å². The lowest BCUT2D eigenvalue weighted by atomic mass is 10.3. The predicted octanol–water partition coefficient (Wildman–Crippen LogP) is 0.297. The van der Waals surface area contributed by atoms with Gasteiger partial charge < -0.3 is 16.0 Å².